The molecular formula is C29H38O14. The molecule has 2 bridgehead atoms. The second-order valence-corrected chi connectivity index (χ2v) is 11.4. The van der Waals surface area contributed by atoms with Crippen LogP contribution in [0.25, 0.3) is 0 Å². The summed E-state index contributed by atoms with van der Waals surface area (Å²) < 4.78 is 32.4. The molecule has 2 saturated heterocycles. The van der Waals surface area contributed by atoms with Crippen molar-refractivity contribution in [1.82, 2.24) is 0 Å². The number of hydrogen-bond acceptors (Lipinski definition) is 14. The van der Waals surface area contributed by atoms with E-state index in [1.165, 1.54) is 45.4 Å². The summed E-state index contributed by atoms with van der Waals surface area (Å²) in [6.45, 7) is 4.08. The van der Waals surface area contributed by atoms with Gasteiger partial charge in [0.15, 0.2) is 11.5 Å². The summed E-state index contributed by atoms with van der Waals surface area (Å²) in [4.78, 5) is 25.1. The Bertz CT molecular complexity index is 1270. The van der Waals surface area contributed by atoms with E-state index in [1.807, 2.05) is 0 Å². The zero-order valence-electron chi connectivity index (χ0n) is 24.4. The third kappa shape index (κ3) is 5.78. The Morgan fingerprint density at radius 1 is 1.05 bits per heavy atom. The Labute approximate surface area is 247 Å². The van der Waals surface area contributed by atoms with E-state index in [0.717, 1.165) is 6.08 Å². The number of aliphatic hydroxyl groups is 5. The number of rotatable bonds is 9. The van der Waals surface area contributed by atoms with Crippen molar-refractivity contribution in [2.75, 3.05) is 20.8 Å². The largest absolute Gasteiger partial charge is 0.508 e. The minimum absolute atomic E-state index is 0.00828. The SMILES string of the molecule is COc1cc(O)cc(OC)c1O[C@@H]1O[C@H](COC(=O)/C=C(C)\C=C\[C@@]2(O)[C@@]3(C)C[C@@H](O)C[C@]2(C)C(=O)O3)[C@@H](O)[C@H](O)[C@H]1O. The summed E-state index contributed by atoms with van der Waals surface area (Å²) in [5, 5.41) is 62.9. The molecule has 43 heavy (non-hydrogen) atoms. The Balaban J connectivity index is 1.43. The molecule has 0 radical (unpaired) electrons. The van der Waals surface area contributed by atoms with E-state index in [-0.39, 0.29) is 35.8 Å². The van der Waals surface area contributed by atoms with E-state index < -0.39 is 72.0 Å². The predicted octanol–water partition coefficient (Wildman–Crippen LogP) is -0.151. The molecule has 1 aromatic rings. The fourth-order valence-corrected chi connectivity index (χ4v) is 5.87. The van der Waals surface area contributed by atoms with Crippen molar-refractivity contribution < 1.29 is 68.6 Å². The Hall–Kier alpha value is -3.40. The lowest BCUT2D eigenvalue weighted by Crippen LogP contribution is -2.61. The molecule has 1 aliphatic carbocycles. The number of phenols is 1. The Morgan fingerprint density at radius 3 is 2.26 bits per heavy atom. The molecule has 14 nitrogen and oxygen atoms in total. The molecule has 238 valence electrons. The maximum absolute atomic E-state index is 12.6. The standard InChI is InChI=1S/C29H38O14/c1-14(6-7-29(37)27(2)11-16(31)12-28(29,3)43-26(27)36)8-20(32)40-13-19-21(33)22(34)23(35)25(41-19)42-24-17(38-4)9-15(30)10-18(24)39-5/h6-10,16,19,21-23,25,30-31,33-35,37H,11-13H2,1-5H3/b7-6+,14-8-/t16-,19+,21+,22-,23+,25-,27+,28+,29-/m0/s1. The summed E-state index contributed by atoms with van der Waals surface area (Å²) in [5.74, 6) is -1.65. The number of methoxy groups -OCH3 is 2. The van der Waals surface area contributed by atoms with Crippen LogP contribution in [0.2, 0.25) is 0 Å². The van der Waals surface area contributed by atoms with Gasteiger partial charge in [-0.05, 0) is 38.8 Å². The smallest absolute Gasteiger partial charge is 0.331 e. The van der Waals surface area contributed by atoms with Crippen LogP contribution < -0.4 is 14.2 Å². The Morgan fingerprint density at radius 2 is 1.67 bits per heavy atom. The Kier molecular flexibility index (Phi) is 9.03. The van der Waals surface area contributed by atoms with Gasteiger partial charge in [-0.2, -0.15) is 0 Å². The minimum atomic E-state index is -1.75. The van der Waals surface area contributed by atoms with Gasteiger partial charge >= 0.3 is 11.9 Å². The van der Waals surface area contributed by atoms with E-state index in [2.05, 4.69) is 0 Å². The van der Waals surface area contributed by atoms with Crippen molar-refractivity contribution in [3.8, 4) is 23.0 Å². The highest BCUT2D eigenvalue weighted by atomic mass is 16.7. The van der Waals surface area contributed by atoms with Crippen molar-refractivity contribution in [3.63, 3.8) is 0 Å². The average Bonchev–Trinajstić information content (AvgIpc) is 3.01. The van der Waals surface area contributed by atoms with Crippen LogP contribution in [0.15, 0.2) is 35.9 Å². The van der Waals surface area contributed by atoms with E-state index in [4.69, 9.17) is 28.4 Å². The number of hydrogen-bond donors (Lipinski definition) is 6. The van der Waals surface area contributed by atoms with Crippen molar-refractivity contribution in [3.05, 3.63) is 35.9 Å². The van der Waals surface area contributed by atoms with E-state index in [1.54, 1.807) is 13.8 Å². The molecule has 0 unspecified atom stereocenters. The van der Waals surface area contributed by atoms with E-state index in [9.17, 15) is 40.2 Å². The van der Waals surface area contributed by atoms with Crippen LogP contribution in [-0.4, -0.2) is 111 Å². The average molecular weight is 611 g/mol. The first-order chi connectivity index (χ1) is 20.1. The number of phenolic OH excluding ortho intramolecular Hbond substituents is 1. The van der Waals surface area contributed by atoms with Crippen molar-refractivity contribution in [1.29, 1.82) is 0 Å². The lowest BCUT2D eigenvalue weighted by atomic mass is 9.59. The highest BCUT2D eigenvalue weighted by Gasteiger charge is 2.72. The third-order valence-corrected chi connectivity index (χ3v) is 8.36. The van der Waals surface area contributed by atoms with Crippen molar-refractivity contribution >= 4 is 11.9 Å². The number of aromatic hydroxyl groups is 1. The summed E-state index contributed by atoms with van der Waals surface area (Å²) >= 11 is 0. The number of esters is 2. The first kappa shape index (κ1) is 32.5. The van der Waals surface area contributed by atoms with Crippen LogP contribution in [0.3, 0.4) is 0 Å². The number of carbonyl (C=O) groups excluding carboxylic acids is 2. The van der Waals surface area contributed by atoms with Gasteiger partial charge in [0.05, 0.1) is 20.3 Å². The molecule has 2 heterocycles. The number of aliphatic hydroxyl groups excluding tert-OH is 4. The molecule has 2 aliphatic heterocycles. The van der Waals surface area contributed by atoms with Gasteiger partial charge in [0.2, 0.25) is 12.0 Å². The summed E-state index contributed by atoms with van der Waals surface area (Å²) in [7, 11) is 2.62. The van der Waals surface area contributed by atoms with Gasteiger partial charge in [0.1, 0.15) is 53.4 Å². The number of fused-ring (bicyclic) bond motifs is 2. The number of ether oxygens (including phenoxy) is 6. The molecule has 3 aliphatic rings. The predicted molar refractivity (Wildman–Crippen MR) is 145 cm³/mol. The topological polar surface area (TPSA) is 211 Å². The van der Waals surface area contributed by atoms with Gasteiger partial charge in [-0.3, -0.25) is 4.79 Å². The van der Waals surface area contributed by atoms with Gasteiger partial charge in [0, 0.05) is 24.6 Å². The molecule has 6 N–H and O–H groups in total. The number of allylic oxidation sites excluding steroid dienone is 2. The van der Waals surface area contributed by atoms with Crippen LogP contribution in [0, 0.1) is 5.41 Å². The molecular weight excluding hydrogens is 572 g/mol. The lowest BCUT2D eigenvalue weighted by molar-refractivity contribution is -0.278. The van der Waals surface area contributed by atoms with Gasteiger partial charge < -0.3 is 59.1 Å². The molecule has 0 amide bonds. The molecule has 1 aromatic carbocycles. The van der Waals surface area contributed by atoms with Crippen LogP contribution in [-0.2, 0) is 23.8 Å². The zero-order valence-corrected chi connectivity index (χ0v) is 24.4. The summed E-state index contributed by atoms with van der Waals surface area (Å²) in [6, 6.07) is 2.46. The van der Waals surface area contributed by atoms with Gasteiger partial charge in [-0.25, -0.2) is 4.79 Å². The quantitative estimate of drug-likeness (QED) is 0.122. The van der Waals surface area contributed by atoms with E-state index in [0.29, 0.717) is 5.57 Å². The normalized spacial score (nSPS) is 37.6. The maximum Gasteiger partial charge on any atom is 0.331 e. The molecule has 0 aromatic heterocycles. The fraction of sp³-hybridized carbons (Fsp3) is 0.586. The molecule has 1 saturated carbocycles. The lowest BCUT2D eigenvalue weighted by Gasteiger charge is -2.47. The first-order valence-electron chi connectivity index (χ1n) is 13.6. The summed E-state index contributed by atoms with van der Waals surface area (Å²) in [6.07, 6.45) is -4.85. The second-order valence-electron chi connectivity index (χ2n) is 11.4. The fourth-order valence-electron chi connectivity index (χ4n) is 5.87. The molecule has 3 fully saturated rings. The van der Waals surface area contributed by atoms with Crippen LogP contribution >= 0.6 is 0 Å². The first-order valence-corrected chi connectivity index (χ1v) is 13.6. The minimum Gasteiger partial charge on any atom is -0.508 e. The molecule has 4 rings (SSSR count). The highest BCUT2D eigenvalue weighted by Crippen LogP contribution is 2.58. The maximum atomic E-state index is 12.6. The van der Waals surface area contributed by atoms with Gasteiger partial charge in [0.25, 0.3) is 0 Å². The molecule has 9 atom stereocenters. The second kappa shape index (κ2) is 11.9. The highest BCUT2D eigenvalue weighted by molar-refractivity contribution is 5.84. The number of carbonyl (C=O) groups is 2. The summed E-state index contributed by atoms with van der Waals surface area (Å²) in [5.41, 5.74) is -4.15. The monoisotopic (exact) mass is 610 g/mol. The van der Waals surface area contributed by atoms with Crippen LogP contribution in [0.5, 0.6) is 23.0 Å². The third-order valence-electron chi connectivity index (χ3n) is 8.36. The van der Waals surface area contributed by atoms with Crippen LogP contribution in [0.4, 0.5) is 0 Å². The number of benzene rings is 1. The van der Waals surface area contributed by atoms with Crippen LogP contribution in [0.1, 0.15) is 33.6 Å². The van der Waals surface area contributed by atoms with Crippen molar-refractivity contribution in [2.24, 2.45) is 5.41 Å². The molecule has 0 spiro atoms. The van der Waals surface area contributed by atoms with E-state index >= 15 is 0 Å². The van der Waals surface area contributed by atoms with Crippen molar-refractivity contribution in [2.45, 2.75) is 81.6 Å². The molecule has 14 heteroatoms. The zero-order chi connectivity index (χ0) is 31.9. The van der Waals surface area contributed by atoms with Gasteiger partial charge in [-0.15, -0.1) is 0 Å². The van der Waals surface area contributed by atoms with Gasteiger partial charge in [-0.1, -0.05) is 6.08 Å².